The molecule has 2 rings (SSSR count). The van der Waals surface area contributed by atoms with Gasteiger partial charge in [-0.2, -0.15) is 0 Å². The molecule has 5 heteroatoms. The first-order valence-electron chi connectivity index (χ1n) is 8.92. The fraction of sp³-hybridized carbons (Fsp3) is 0.684. The zero-order chi connectivity index (χ0) is 17.5. The number of methoxy groups -OCH3 is 1. The maximum atomic E-state index is 10.3. The molecule has 3 unspecified atom stereocenters. The second-order valence-electron chi connectivity index (χ2n) is 6.74. The molecule has 1 aromatic carbocycles. The standard InChI is InChI=1S/C19H32N2O3/c1-5-21-11-10-16(12-15(21)2)20(3)13-17(22)14-24-19-8-6-18(23-4)7-9-19/h6-9,15-17,22H,5,10-14H2,1-4H3. The Morgan fingerprint density at radius 1 is 1.29 bits per heavy atom. The smallest absolute Gasteiger partial charge is 0.119 e. The molecule has 1 saturated heterocycles. The van der Waals surface area contributed by atoms with E-state index < -0.39 is 6.10 Å². The summed E-state index contributed by atoms with van der Waals surface area (Å²) in [5.74, 6) is 1.55. The van der Waals surface area contributed by atoms with Crippen molar-refractivity contribution in [1.29, 1.82) is 0 Å². The normalized spacial score (nSPS) is 23.2. The predicted molar refractivity (Wildman–Crippen MR) is 96.9 cm³/mol. The Morgan fingerprint density at radius 2 is 1.96 bits per heavy atom. The molecule has 0 bridgehead atoms. The Bertz CT molecular complexity index is 480. The monoisotopic (exact) mass is 336 g/mol. The lowest BCUT2D eigenvalue weighted by Crippen LogP contribution is -2.49. The van der Waals surface area contributed by atoms with Gasteiger partial charge in [-0.15, -0.1) is 0 Å². The minimum Gasteiger partial charge on any atom is -0.497 e. The van der Waals surface area contributed by atoms with Crippen LogP contribution in [0.2, 0.25) is 0 Å². The maximum Gasteiger partial charge on any atom is 0.119 e. The number of hydrogen-bond donors (Lipinski definition) is 1. The molecule has 0 saturated carbocycles. The van der Waals surface area contributed by atoms with Crippen molar-refractivity contribution < 1.29 is 14.6 Å². The summed E-state index contributed by atoms with van der Waals surface area (Å²) in [6, 6.07) is 8.59. The molecule has 1 N–H and O–H groups in total. The molecule has 1 fully saturated rings. The van der Waals surface area contributed by atoms with E-state index in [1.807, 2.05) is 24.3 Å². The molecule has 136 valence electrons. The third-order valence-corrected chi connectivity index (χ3v) is 5.02. The number of likely N-dealkylation sites (tertiary alicyclic amines) is 1. The van der Waals surface area contributed by atoms with Crippen LogP contribution in [0, 0.1) is 0 Å². The molecule has 0 spiro atoms. The summed E-state index contributed by atoms with van der Waals surface area (Å²) < 4.78 is 10.8. The summed E-state index contributed by atoms with van der Waals surface area (Å²) in [7, 11) is 3.75. The number of nitrogens with zero attached hydrogens (tertiary/aromatic N) is 2. The van der Waals surface area contributed by atoms with Crippen molar-refractivity contribution in [2.45, 2.75) is 44.9 Å². The highest BCUT2D eigenvalue weighted by Gasteiger charge is 2.27. The predicted octanol–water partition coefficient (Wildman–Crippen LogP) is 2.24. The number of benzene rings is 1. The zero-order valence-electron chi connectivity index (χ0n) is 15.4. The number of rotatable bonds is 8. The highest BCUT2D eigenvalue weighted by Crippen LogP contribution is 2.21. The van der Waals surface area contributed by atoms with Crippen molar-refractivity contribution in [3.05, 3.63) is 24.3 Å². The number of ether oxygens (including phenoxy) is 2. The number of hydrogen-bond acceptors (Lipinski definition) is 5. The fourth-order valence-corrected chi connectivity index (χ4v) is 3.46. The summed E-state index contributed by atoms with van der Waals surface area (Å²) in [5, 5.41) is 10.3. The van der Waals surface area contributed by atoms with Crippen LogP contribution in [0.5, 0.6) is 11.5 Å². The molecule has 24 heavy (non-hydrogen) atoms. The second-order valence-corrected chi connectivity index (χ2v) is 6.74. The summed E-state index contributed by atoms with van der Waals surface area (Å²) in [6.07, 6.45) is 1.84. The molecule has 0 aromatic heterocycles. The number of aliphatic hydroxyl groups excluding tert-OH is 1. The highest BCUT2D eigenvalue weighted by atomic mass is 16.5. The van der Waals surface area contributed by atoms with Gasteiger partial charge in [0, 0.05) is 18.6 Å². The Balaban J connectivity index is 1.74. The van der Waals surface area contributed by atoms with Gasteiger partial charge in [-0.1, -0.05) is 6.92 Å². The lowest BCUT2D eigenvalue weighted by atomic mass is 9.97. The van der Waals surface area contributed by atoms with E-state index in [-0.39, 0.29) is 0 Å². The first-order valence-corrected chi connectivity index (χ1v) is 8.92. The minimum atomic E-state index is -0.489. The molecule has 3 atom stereocenters. The van der Waals surface area contributed by atoms with Crippen molar-refractivity contribution in [2.24, 2.45) is 0 Å². The molecule has 1 heterocycles. The molecule has 0 radical (unpaired) electrons. The van der Waals surface area contributed by atoms with Gasteiger partial charge in [0.25, 0.3) is 0 Å². The first kappa shape index (κ1) is 19.0. The molecular formula is C19H32N2O3. The van der Waals surface area contributed by atoms with Gasteiger partial charge in [0.15, 0.2) is 0 Å². The van der Waals surface area contributed by atoms with Crippen LogP contribution in [0.15, 0.2) is 24.3 Å². The van der Waals surface area contributed by atoms with E-state index >= 15 is 0 Å². The van der Waals surface area contributed by atoms with Crippen molar-refractivity contribution in [3.8, 4) is 11.5 Å². The van der Waals surface area contributed by atoms with Crippen LogP contribution >= 0.6 is 0 Å². The number of piperidine rings is 1. The lowest BCUT2D eigenvalue weighted by Gasteiger charge is -2.41. The third kappa shape index (κ3) is 5.36. The van der Waals surface area contributed by atoms with Crippen LogP contribution in [0.4, 0.5) is 0 Å². The minimum absolute atomic E-state index is 0.306. The van der Waals surface area contributed by atoms with Crippen molar-refractivity contribution in [1.82, 2.24) is 9.80 Å². The number of likely N-dealkylation sites (N-methyl/N-ethyl adjacent to an activating group) is 1. The molecule has 0 amide bonds. The second kappa shape index (κ2) is 9.25. The van der Waals surface area contributed by atoms with E-state index in [1.165, 1.54) is 6.42 Å². The maximum absolute atomic E-state index is 10.3. The molecule has 1 aliphatic rings. The Labute approximate surface area is 146 Å². The average Bonchev–Trinajstić information content (AvgIpc) is 2.60. The van der Waals surface area contributed by atoms with E-state index in [1.54, 1.807) is 7.11 Å². The van der Waals surface area contributed by atoms with E-state index in [4.69, 9.17) is 9.47 Å². The van der Waals surface area contributed by atoms with E-state index in [0.717, 1.165) is 31.0 Å². The van der Waals surface area contributed by atoms with Crippen LogP contribution in [-0.4, -0.2) is 73.5 Å². The van der Waals surface area contributed by atoms with Gasteiger partial charge < -0.3 is 24.4 Å². The van der Waals surface area contributed by atoms with Gasteiger partial charge in [0.2, 0.25) is 0 Å². The van der Waals surface area contributed by atoms with E-state index in [2.05, 4.69) is 30.7 Å². The summed E-state index contributed by atoms with van der Waals surface area (Å²) in [4.78, 5) is 4.80. The van der Waals surface area contributed by atoms with E-state index in [9.17, 15) is 5.11 Å². The summed E-state index contributed by atoms with van der Waals surface area (Å²) in [5.41, 5.74) is 0. The van der Waals surface area contributed by atoms with Crippen LogP contribution in [-0.2, 0) is 0 Å². The van der Waals surface area contributed by atoms with Crippen LogP contribution in [0.25, 0.3) is 0 Å². The van der Waals surface area contributed by atoms with Gasteiger partial charge in [-0.05, 0) is 64.2 Å². The highest BCUT2D eigenvalue weighted by molar-refractivity contribution is 5.31. The SMILES string of the molecule is CCN1CCC(N(C)CC(O)COc2ccc(OC)cc2)CC1C. The summed E-state index contributed by atoms with van der Waals surface area (Å²) >= 11 is 0. The number of aliphatic hydroxyl groups is 1. The molecule has 1 aromatic rings. The zero-order valence-corrected chi connectivity index (χ0v) is 15.4. The fourth-order valence-electron chi connectivity index (χ4n) is 3.46. The van der Waals surface area contributed by atoms with Crippen LogP contribution in [0.1, 0.15) is 26.7 Å². The van der Waals surface area contributed by atoms with Gasteiger partial charge in [0.1, 0.15) is 24.2 Å². The topological polar surface area (TPSA) is 45.2 Å². The Kier molecular flexibility index (Phi) is 7.34. The largest absolute Gasteiger partial charge is 0.497 e. The Morgan fingerprint density at radius 3 is 2.54 bits per heavy atom. The van der Waals surface area contributed by atoms with E-state index in [0.29, 0.717) is 25.2 Å². The van der Waals surface area contributed by atoms with Crippen LogP contribution < -0.4 is 9.47 Å². The van der Waals surface area contributed by atoms with Gasteiger partial charge in [0.05, 0.1) is 7.11 Å². The molecular weight excluding hydrogens is 304 g/mol. The van der Waals surface area contributed by atoms with Crippen molar-refractivity contribution in [2.75, 3.05) is 40.4 Å². The van der Waals surface area contributed by atoms with Gasteiger partial charge in [-0.3, -0.25) is 0 Å². The van der Waals surface area contributed by atoms with Crippen LogP contribution in [0.3, 0.4) is 0 Å². The van der Waals surface area contributed by atoms with Gasteiger partial charge >= 0.3 is 0 Å². The van der Waals surface area contributed by atoms with Crippen molar-refractivity contribution in [3.63, 3.8) is 0 Å². The molecule has 1 aliphatic heterocycles. The molecule has 0 aliphatic carbocycles. The lowest BCUT2D eigenvalue weighted by molar-refractivity contribution is 0.0364. The third-order valence-electron chi connectivity index (χ3n) is 5.02. The molecule has 5 nitrogen and oxygen atoms in total. The van der Waals surface area contributed by atoms with Gasteiger partial charge in [-0.25, -0.2) is 0 Å². The first-order chi connectivity index (χ1) is 11.5. The quantitative estimate of drug-likeness (QED) is 0.789. The summed E-state index contributed by atoms with van der Waals surface area (Å²) in [6.45, 7) is 7.73. The average molecular weight is 336 g/mol. The van der Waals surface area contributed by atoms with Crippen molar-refractivity contribution >= 4 is 0 Å². The Hall–Kier alpha value is -1.30.